The van der Waals surface area contributed by atoms with Gasteiger partial charge in [0.1, 0.15) is 5.15 Å². The first kappa shape index (κ1) is 11.2. The number of hydrogen-bond donors (Lipinski definition) is 1. The lowest BCUT2D eigenvalue weighted by Gasteiger charge is -2.05. The molecule has 1 N–H and O–H groups in total. The van der Waals surface area contributed by atoms with Crippen LogP contribution in [0.4, 0.5) is 0 Å². The van der Waals surface area contributed by atoms with Crippen molar-refractivity contribution >= 4 is 28.3 Å². The number of Topliss-reactive ketones (excluding diaryl/α,β-unsaturated/α-hetero) is 1. The van der Waals surface area contributed by atoms with E-state index in [0.29, 0.717) is 16.6 Å². The van der Waals surface area contributed by atoms with Gasteiger partial charge in [-0.1, -0.05) is 31.5 Å². The van der Waals surface area contributed by atoms with Crippen LogP contribution in [0.25, 0.3) is 10.9 Å². The van der Waals surface area contributed by atoms with Crippen molar-refractivity contribution in [1.29, 1.82) is 0 Å². The molecule has 0 aliphatic rings. The molecule has 84 valence electrons. The van der Waals surface area contributed by atoms with Crippen molar-refractivity contribution in [3.63, 3.8) is 0 Å². The van der Waals surface area contributed by atoms with Crippen LogP contribution in [0.5, 0.6) is 0 Å². The molecule has 0 bridgehead atoms. The zero-order valence-corrected chi connectivity index (χ0v) is 10.4. The van der Waals surface area contributed by atoms with E-state index in [1.807, 2.05) is 12.1 Å². The number of nitrogens with one attached hydrogen (secondary N) is 1. The van der Waals surface area contributed by atoms with Gasteiger partial charge in [0.25, 0.3) is 0 Å². The Kier molecular flexibility index (Phi) is 2.76. The second-order valence-electron chi connectivity index (χ2n) is 4.33. The topological polar surface area (TPSA) is 32.9 Å². The van der Waals surface area contributed by atoms with E-state index in [1.54, 1.807) is 0 Å². The van der Waals surface area contributed by atoms with E-state index in [9.17, 15) is 4.79 Å². The van der Waals surface area contributed by atoms with E-state index >= 15 is 0 Å². The number of carbonyl (C=O) groups excluding carboxylic acids is 1. The summed E-state index contributed by atoms with van der Waals surface area (Å²) in [6.07, 6.45) is 0. The van der Waals surface area contributed by atoms with Crippen LogP contribution in [0.2, 0.25) is 5.15 Å². The van der Waals surface area contributed by atoms with Crippen molar-refractivity contribution in [3.05, 3.63) is 34.5 Å². The third-order valence-electron chi connectivity index (χ3n) is 2.80. The van der Waals surface area contributed by atoms with Crippen molar-refractivity contribution in [2.45, 2.75) is 26.7 Å². The predicted molar refractivity (Wildman–Crippen MR) is 67.4 cm³/mol. The van der Waals surface area contributed by atoms with Gasteiger partial charge in [-0.2, -0.15) is 0 Å². The maximum atomic E-state index is 11.5. The predicted octanol–water partition coefficient (Wildman–Crippen LogP) is 4.15. The van der Waals surface area contributed by atoms with Gasteiger partial charge in [0.15, 0.2) is 5.78 Å². The maximum absolute atomic E-state index is 11.5. The Bertz CT molecular complexity index is 554. The molecule has 3 heteroatoms. The first-order chi connectivity index (χ1) is 7.50. The van der Waals surface area contributed by atoms with Gasteiger partial charge in [-0.15, -0.1) is 0 Å². The molecule has 0 unspecified atom stereocenters. The number of rotatable bonds is 2. The fraction of sp³-hybridized carbons (Fsp3) is 0.308. The zero-order valence-electron chi connectivity index (χ0n) is 9.60. The fourth-order valence-electron chi connectivity index (χ4n) is 1.88. The summed E-state index contributed by atoms with van der Waals surface area (Å²) in [6, 6.07) is 6.08. The lowest BCUT2D eigenvalue weighted by Crippen LogP contribution is -1.92. The van der Waals surface area contributed by atoms with Crippen LogP contribution in [-0.4, -0.2) is 10.8 Å². The molecule has 0 radical (unpaired) electrons. The summed E-state index contributed by atoms with van der Waals surface area (Å²) in [6.45, 7) is 5.79. The zero-order chi connectivity index (χ0) is 11.9. The molecule has 0 aliphatic heterocycles. The number of benzene rings is 1. The molecular weight excluding hydrogens is 222 g/mol. The number of H-pyrrole nitrogens is 1. The van der Waals surface area contributed by atoms with E-state index in [-0.39, 0.29) is 5.78 Å². The molecule has 0 aliphatic carbocycles. The highest BCUT2D eigenvalue weighted by atomic mass is 35.5. The summed E-state index contributed by atoms with van der Waals surface area (Å²) >= 11 is 6.02. The highest BCUT2D eigenvalue weighted by Crippen LogP contribution is 2.29. The van der Waals surface area contributed by atoms with Gasteiger partial charge in [0.2, 0.25) is 0 Å². The van der Waals surface area contributed by atoms with Crippen molar-refractivity contribution in [2.75, 3.05) is 0 Å². The number of fused-ring (bicyclic) bond motifs is 1. The van der Waals surface area contributed by atoms with Crippen LogP contribution in [0.1, 0.15) is 42.6 Å². The van der Waals surface area contributed by atoms with Crippen molar-refractivity contribution < 1.29 is 4.79 Å². The van der Waals surface area contributed by atoms with Gasteiger partial charge in [0.05, 0.1) is 5.56 Å². The Morgan fingerprint density at radius 3 is 2.62 bits per heavy atom. The third-order valence-corrected chi connectivity index (χ3v) is 3.08. The summed E-state index contributed by atoms with van der Waals surface area (Å²) in [7, 11) is 0. The molecule has 1 aromatic carbocycles. The highest BCUT2D eigenvalue weighted by Gasteiger charge is 2.14. The lowest BCUT2D eigenvalue weighted by molar-refractivity contribution is 0.101. The number of carbonyl (C=O) groups is 1. The Morgan fingerprint density at radius 1 is 1.38 bits per heavy atom. The Morgan fingerprint density at radius 2 is 2.06 bits per heavy atom. The highest BCUT2D eigenvalue weighted by molar-refractivity contribution is 6.35. The fourth-order valence-corrected chi connectivity index (χ4v) is 2.22. The van der Waals surface area contributed by atoms with E-state index in [2.05, 4.69) is 24.9 Å². The van der Waals surface area contributed by atoms with Crippen LogP contribution < -0.4 is 0 Å². The van der Waals surface area contributed by atoms with E-state index in [1.165, 1.54) is 12.5 Å². The molecule has 2 aromatic rings. The second kappa shape index (κ2) is 3.95. The molecule has 16 heavy (non-hydrogen) atoms. The van der Waals surface area contributed by atoms with Gasteiger partial charge in [0, 0.05) is 10.9 Å². The molecule has 0 amide bonds. The summed E-state index contributed by atoms with van der Waals surface area (Å²) in [5.74, 6) is 0.440. The minimum atomic E-state index is -0.00263. The van der Waals surface area contributed by atoms with Crippen LogP contribution in [0.3, 0.4) is 0 Å². The minimum Gasteiger partial charge on any atom is -0.345 e. The number of aromatic nitrogens is 1. The first-order valence-electron chi connectivity index (χ1n) is 5.32. The molecule has 0 fully saturated rings. The van der Waals surface area contributed by atoms with Crippen LogP contribution >= 0.6 is 11.6 Å². The third kappa shape index (κ3) is 1.74. The summed E-state index contributed by atoms with van der Waals surface area (Å²) in [4.78, 5) is 14.5. The van der Waals surface area contributed by atoms with E-state index < -0.39 is 0 Å². The van der Waals surface area contributed by atoms with Crippen molar-refractivity contribution in [1.82, 2.24) is 4.98 Å². The Balaban J connectivity index is 2.74. The summed E-state index contributed by atoms with van der Waals surface area (Å²) in [5, 5.41) is 1.35. The van der Waals surface area contributed by atoms with Crippen LogP contribution in [-0.2, 0) is 0 Å². The molecule has 0 spiro atoms. The molecular formula is C13H14ClNO. The van der Waals surface area contributed by atoms with E-state index in [4.69, 9.17) is 11.6 Å². The number of hydrogen-bond acceptors (Lipinski definition) is 1. The van der Waals surface area contributed by atoms with Gasteiger partial charge >= 0.3 is 0 Å². The molecule has 1 heterocycles. The summed E-state index contributed by atoms with van der Waals surface area (Å²) < 4.78 is 0. The average Bonchev–Trinajstić information content (AvgIpc) is 2.51. The smallest absolute Gasteiger partial charge is 0.163 e. The lowest BCUT2D eigenvalue weighted by atomic mass is 10.00. The first-order valence-corrected chi connectivity index (χ1v) is 5.70. The van der Waals surface area contributed by atoms with Crippen molar-refractivity contribution in [2.24, 2.45) is 0 Å². The number of ketones is 1. The number of halogens is 1. The second-order valence-corrected chi connectivity index (χ2v) is 4.71. The normalized spacial score (nSPS) is 11.3. The molecule has 0 atom stereocenters. The monoisotopic (exact) mass is 235 g/mol. The van der Waals surface area contributed by atoms with Crippen LogP contribution in [0, 0.1) is 0 Å². The Hall–Kier alpha value is -1.28. The molecule has 0 saturated carbocycles. The minimum absolute atomic E-state index is 0.00263. The Labute approximate surface area is 99.6 Å². The van der Waals surface area contributed by atoms with Gasteiger partial charge in [-0.05, 0) is 30.5 Å². The standard InChI is InChI=1S/C13H14ClNO/c1-7(2)9-4-5-11-10(6-9)12(8(3)16)13(14)15-11/h4-7,15H,1-3H3. The maximum Gasteiger partial charge on any atom is 0.163 e. The van der Waals surface area contributed by atoms with Crippen molar-refractivity contribution in [3.8, 4) is 0 Å². The number of aromatic amines is 1. The van der Waals surface area contributed by atoms with Crippen LogP contribution in [0.15, 0.2) is 18.2 Å². The molecule has 2 nitrogen and oxygen atoms in total. The largest absolute Gasteiger partial charge is 0.345 e. The average molecular weight is 236 g/mol. The molecule has 2 rings (SSSR count). The quantitative estimate of drug-likeness (QED) is 0.780. The summed E-state index contributed by atoms with van der Waals surface area (Å²) in [5.41, 5.74) is 2.73. The SMILES string of the molecule is CC(=O)c1c(Cl)[nH]c2ccc(C(C)C)cc12. The van der Waals surface area contributed by atoms with E-state index in [0.717, 1.165) is 10.9 Å². The molecule has 1 aromatic heterocycles. The van der Waals surface area contributed by atoms with Gasteiger partial charge in [-0.3, -0.25) is 4.79 Å². The van der Waals surface area contributed by atoms with Gasteiger partial charge in [-0.25, -0.2) is 0 Å². The molecule has 0 saturated heterocycles. The van der Waals surface area contributed by atoms with Gasteiger partial charge < -0.3 is 4.98 Å².